The first-order chi connectivity index (χ1) is 4.70. The van der Waals surface area contributed by atoms with Gasteiger partial charge in [-0.2, -0.15) is 0 Å². The van der Waals surface area contributed by atoms with Gasteiger partial charge in [0, 0.05) is 6.54 Å². The highest BCUT2D eigenvalue weighted by Crippen LogP contribution is 1.98. The second kappa shape index (κ2) is 2.98. The van der Waals surface area contributed by atoms with Gasteiger partial charge >= 0.3 is 0 Å². The Bertz CT molecular complexity index is 130. The molecule has 1 amide bonds. The van der Waals surface area contributed by atoms with E-state index in [1.807, 2.05) is 6.92 Å². The van der Waals surface area contributed by atoms with E-state index in [1.54, 1.807) is 0 Å². The first kappa shape index (κ1) is 7.50. The van der Waals surface area contributed by atoms with Crippen molar-refractivity contribution in [1.29, 1.82) is 0 Å². The van der Waals surface area contributed by atoms with Crippen LogP contribution in [0.4, 0.5) is 0 Å². The average molecular weight is 144 g/mol. The van der Waals surface area contributed by atoms with Gasteiger partial charge in [0.2, 0.25) is 5.91 Å². The molecule has 0 spiro atoms. The molecule has 1 fully saturated rings. The number of hydrogen-bond donors (Lipinski definition) is 2. The number of hydrogen-bond acceptors (Lipinski definition) is 3. The van der Waals surface area contributed by atoms with Gasteiger partial charge in [-0.3, -0.25) is 4.79 Å². The Balaban J connectivity index is 2.33. The van der Waals surface area contributed by atoms with Gasteiger partial charge in [-0.05, 0) is 6.92 Å². The summed E-state index contributed by atoms with van der Waals surface area (Å²) in [6.07, 6.45) is 0.190. The van der Waals surface area contributed by atoms with E-state index in [0.717, 1.165) is 0 Å². The van der Waals surface area contributed by atoms with Crippen molar-refractivity contribution < 1.29 is 9.53 Å². The van der Waals surface area contributed by atoms with Crippen molar-refractivity contribution in [1.82, 2.24) is 5.32 Å². The van der Waals surface area contributed by atoms with Crippen molar-refractivity contribution in [3.63, 3.8) is 0 Å². The number of nitrogens with one attached hydrogen (secondary N) is 1. The SMILES string of the molecule is CC1CNC(C(N)=O)CO1. The minimum absolute atomic E-state index is 0.190. The molecular formula is C6H12N2O2. The Morgan fingerprint density at radius 3 is 2.90 bits per heavy atom. The smallest absolute Gasteiger partial charge is 0.236 e. The molecule has 1 heterocycles. The standard InChI is InChI=1S/C6H12N2O2/c1-4-2-8-5(3-10-4)6(7)9/h4-5,8H,2-3H2,1H3,(H2,7,9). The first-order valence-electron chi connectivity index (χ1n) is 3.34. The van der Waals surface area contributed by atoms with Crippen LogP contribution in [0.5, 0.6) is 0 Å². The molecule has 1 saturated heterocycles. The van der Waals surface area contributed by atoms with E-state index >= 15 is 0 Å². The predicted octanol–water partition coefficient (Wildman–Crippen LogP) is -1.15. The van der Waals surface area contributed by atoms with Gasteiger partial charge in [0.1, 0.15) is 6.04 Å². The molecule has 1 rings (SSSR count). The van der Waals surface area contributed by atoms with E-state index in [4.69, 9.17) is 10.5 Å². The van der Waals surface area contributed by atoms with Crippen LogP contribution >= 0.6 is 0 Å². The van der Waals surface area contributed by atoms with Crippen LogP contribution in [0.3, 0.4) is 0 Å². The van der Waals surface area contributed by atoms with Crippen LogP contribution in [0.15, 0.2) is 0 Å². The normalized spacial score (nSPS) is 33.7. The summed E-state index contributed by atoms with van der Waals surface area (Å²) in [4.78, 5) is 10.5. The summed E-state index contributed by atoms with van der Waals surface area (Å²) in [6, 6.07) is -0.295. The van der Waals surface area contributed by atoms with E-state index in [2.05, 4.69) is 5.32 Å². The molecule has 4 heteroatoms. The van der Waals surface area contributed by atoms with Crippen molar-refractivity contribution in [2.75, 3.05) is 13.2 Å². The quantitative estimate of drug-likeness (QED) is 0.488. The lowest BCUT2D eigenvalue weighted by Gasteiger charge is -2.25. The van der Waals surface area contributed by atoms with Crippen molar-refractivity contribution in [2.24, 2.45) is 5.73 Å². The lowest BCUT2D eigenvalue weighted by atomic mass is 10.2. The lowest BCUT2D eigenvalue weighted by Crippen LogP contribution is -2.51. The molecule has 0 radical (unpaired) electrons. The fraction of sp³-hybridized carbons (Fsp3) is 0.833. The van der Waals surface area contributed by atoms with Crippen LogP contribution in [0.25, 0.3) is 0 Å². The van der Waals surface area contributed by atoms with E-state index in [1.165, 1.54) is 0 Å². The zero-order valence-electron chi connectivity index (χ0n) is 5.96. The number of nitrogens with two attached hydrogens (primary N) is 1. The molecule has 0 aliphatic carbocycles. The maximum atomic E-state index is 10.5. The number of primary amides is 1. The van der Waals surface area contributed by atoms with Crippen LogP contribution < -0.4 is 11.1 Å². The van der Waals surface area contributed by atoms with Crippen molar-refractivity contribution in [3.8, 4) is 0 Å². The number of carbonyl (C=O) groups is 1. The Hall–Kier alpha value is -0.610. The van der Waals surface area contributed by atoms with Gasteiger partial charge in [0.15, 0.2) is 0 Å². The molecular weight excluding hydrogens is 132 g/mol. The van der Waals surface area contributed by atoms with E-state index in [0.29, 0.717) is 13.2 Å². The molecule has 2 unspecified atom stereocenters. The molecule has 0 aromatic heterocycles. The number of carbonyl (C=O) groups excluding carboxylic acids is 1. The second-order valence-corrected chi connectivity index (χ2v) is 2.51. The summed E-state index contributed by atoms with van der Waals surface area (Å²) >= 11 is 0. The zero-order chi connectivity index (χ0) is 7.56. The van der Waals surface area contributed by atoms with E-state index < -0.39 is 0 Å². The highest BCUT2D eigenvalue weighted by Gasteiger charge is 2.21. The molecule has 0 saturated carbocycles. The van der Waals surface area contributed by atoms with Crippen LogP contribution in [-0.4, -0.2) is 31.2 Å². The Morgan fingerprint density at radius 2 is 2.50 bits per heavy atom. The van der Waals surface area contributed by atoms with E-state index in [9.17, 15) is 4.79 Å². The van der Waals surface area contributed by atoms with Gasteiger partial charge in [-0.25, -0.2) is 0 Å². The number of ether oxygens (including phenoxy) is 1. The summed E-state index contributed by atoms with van der Waals surface area (Å²) < 4.78 is 5.19. The molecule has 2 atom stereocenters. The highest BCUT2D eigenvalue weighted by atomic mass is 16.5. The summed E-state index contributed by atoms with van der Waals surface area (Å²) in [5.74, 6) is -0.341. The van der Waals surface area contributed by atoms with Crippen LogP contribution in [0.2, 0.25) is 0 Å². The molecule has 10 heavy (non-hydrogen) atoms. The molecule has 3 N–H and O–H groups in total. The molecule has 1 aliphatic heterocycles. The van der Waals surface area contributed by atoms with Crippen molar-refractivity contribution in [3.05, 3.63) is 0 Å². The summed E-state index contributed by atoms with van der Waals surface area (Å²) in [5.41, 5.74) is 5.03. The van der Waals surface area contributed by atoms with Gasteiger partial charge < -0.3 is 15.8 Å². The summed E-state index contributed by atoms with van der Waals surface area (Å²) in [6.45, 7) is 3.05. The molecule has 4 nitrogen and oxygen atoms in total. The predicted molar refractivity (Wildman–Crippen MR) is 36.4 cm³/mol. The minimum Gasteiger partial charge on any atom is -0.375 e. The van der Waals surface area contributed by atoms with Gasteiger partial charge in [0.25, 0.3) is 0 Å². The maximum absolute atomic E-state index is 10.5. The maximum Gasteiger partial charge on any atom is 0.236 e. The Morgan fingerprint density at radius 1 is 1.80 bits per heavy atom. The third-order valence-electron chi connectivity index (χ3n) is 1.54. The number of morpholine rings is 1. The van der Waals surface area contributed by atoms with Crippen LogP contribution in [0.1, 0.15) is 6.92 Å². The third-order valence-corrected chi connectivity index (χ3v) is 1.54. The number of amides is 1. The molecule has 0 aromatic carbocycles. The van der Waals surface area contributed by atoms with Gasteiger partial charge in [-0.1, -0.05) is 0 Å². The lowest BCUT2D eigenvalue weighted by molar-refractivity contribution is -0.124. The Kier molecular flexibility index (Phi) is 2.24. The topological polar surface area (TPSA) is 64.3 Å². The molecule has 0 aromatic rings. The van der Waals surface area contributed by atoms with Gasteiger partial charge in [0.05, 0.1) is 12.7 Å². The second-order valence-electron chi connectivity index (χ2n) is 2.51. The van der Waals surface area contributed by atoms with Crippen LogP contribution in [-0.2, 0) is 9.53 Å². The zero-order valence-corrected chi connectivity index (χ0v) is 5.96. The largest absolute Gasteiger partial charge is 0.375 e. The minimum atomic E-state index is -0.341. The molecule has 58 valence electrons. The fourth-order valence-electron chi connectivity index (χ4n) is 0.869. The third kappa shape index (κ3) is 1.68. The summed E-state index contributed by atoms with van der Waals surface area (Å²) in [7, 11) is 0. The summed E-state index contributed by atoms with van der Waals surface area (Å²) in [5, 5.41) is 2.97. The first-order valence-corrected chi connectivity index (χ1v) is 3.34. The Labute approximate surface area is 59.7 Å². The van der Waals surface area contributed by atoms with E-state index in [-0.39, 0.29) is 18.1 Å². The highest BCUT2D eigenvalue weighted by molar-refractivity contribution is 5.80. The van der Waals surface area contributed by atoms with Crippen molar-refractivity contribution >= 4 is 5.91 Å². The fourth-order valence-corrected chi connectivity index (χ4v) is 0.869. The van der Waals surface area contributed by atoms with Crippen molar-refractivity contribution in [2.45, 2.75) is 19.1 Å². The molecule has 1 aliphatic rings. The number of rotatable bonds is 1. The monoisotopic (exact) mass is 144 g/mol. The van der Waals surface area contributed by atoms with Gasteiger partial charge in [-0.15, -0.1) is 0 Å². The van der Waals surface area contributed by atoms with Crippen LogP contribution in [0, 0.1) is 0 Å². The average Bonchev–Trinajstić information content (AvgIpc) is 1.88. The molecule has 0 bridgehead atoms.